The maximum atomic E-state index is 13.0. The molecular weight excluding hydrogens is 364 g/mol. The number of hydrogen-bond acceptors (Lipinski definition) is 4. The van der Waals surface area contributed by atoms with Gasteiger partial charge in [-0.25, -0.2) is 0 Å². The number of carbonyl (C=O) groups excluding carboxylic acids is 2. The molecule has 4 heteroatoms. The van der Waals surface area contributed by atoms with Crippen molar-refractivity contribution in [3.63, 3.8) is 0 Å². The molecule has 0 amide bonds. The first kappa shape index (κ1) is 20.8. The van der Waals surface area contributed by atoms with Crippen LogP contribution >= 0.6 is 0 Å². The topological polar surface area (TPSA) is 52.6 Å². The summed E-state index contributed by atoms with van der Waals surface area (Å²) in [6.07, 6.45) is 11.5. The Morgan fingerprint density at radius 2 is 2.00 bits per heavy atom. The lowest BCUT2D eigenvalue weighted by Crippen LogP contribution is -2.62. The molecule has 29 heavy (non-hydrogen) atoms. The Morgan fingerprint density at radius 1 is 1.24 bits per heavy atom. The van der Waals surface area contributed by atoms with Crippen LogP contribution in [0.15, 0.2) is 23.8 Å². The van der Waals surface area contributed by atoms with Crippen molar-refractivity contribution in [3.8, 4) is 0 Å². The van der Waals surface area contributed by atoms with E-state index in [1.165, 1.54) is 6.92 Å². The number of hydrogen-bond donors (Lipinski definition) is 0. The highest BCUT2D eigenvalue weighted by Gasteiger charge is 2.65. The van der Waals surface area contributed by atoms with Crippen LogP contribution in [0.4, 0.5) is 0 Å². The monoisotopic (exact) mass is 400 g/mol. The van der Waals surface area contributed by atoms with Crippen molar-refractivity contribution in [2.75, 3.05) is 13.2 Å². The van der Waals surface area contributed by atoms with Gasteiger partial charge in [0.2, 0.25) is 0 Å². The van der Waals surface area contributed by atoms with Crippen LogP contribution in [-0.4, -0.2) is 31.1 Å². The number of fused-ring (bicyclic) bond motifs is 5. The third-order valence-corrected chi connectivity index (χ3v) is 9.21. The van der Waals surface area contributed by atoms with Gasteiger partial charge >= 0.3 is 5.97 Å². The lowest BCUT2D eigenvalue weighted by atomic mass is 9.39. The number of ketones is 1. The van der Waals surface area contributed by atoms with E-state index in [4.69, 9.17) is 9.47 Å². The highest BCUT2D eigenvalue weighted by molar-refractivity contribution is 5.98. The van der Waals surface area contributed by atoms with E-state index in [2.05, 4.69) is 32.1 Å². The van der Waals surface area contributed by atoms with E-state index in [9.17, 15) is 9.59 Å². The molecule has 2 saturated carbocycles. The lowest BCUT2D eigenvalue weighted by Gasteiger charge is -2.65. The molecule has 0 aromatic heterocycles. The maximum absolute atomic E-state index is 13.0. The van der Waals surface area contributed by atoms with E-state index >= 15 is 0 Å². The van der Waals surface area contributed by atoms with Gasteiger partial charge in [-0.05, 0) is 74.2 Å². The van der Waals surface area contributed by atoms with Crippen LogP contribution in [-0.2, 0) is 19.1 Å². The second-order valence-electron chi connectivity index (χ2n) is 10.6. The predicted octanol–water partition coefficient (Wildman–Crippen LogP) is 4.88. The molecule has 4 nitrogen and oxygen atoms in total. The molecular formula is C25H36O4. The van der Waals surface area contributed by atoms with Gasteiger partial charge in [-0.1, -0.05) is 32.1 Å². The van der Waals surface area contributed by atoms with E-state index in [0.717, 1.165) is 37.7 Å². The summed E-state index contributed by atoms with van der Waals surface area (Å²) in [5.41, 5.74) is 0.841. The molecule has 0 radical (unpaired) electrons. The SMILES string of the molecule is CC(=O)O[C@H](C)C12CCC3[C@@]4(C)CC=C(C)C(=O)C4CC[C@@]3(C)[C@@H]1C=CCOC2. The number of esters is 1. The molecule has 0 bridgehead atoms. The number of allylic oxidation sites excluding steroid dienone is 3. The molecule has 0 spiro atoms. The van der Waals surface area contributed by atoms with Crippen LogP contribution in [0.3, 0.4) is 0 Å². The fourth-order valence-electron chi connectivity index (χ4n) is 7.70. The minimum atomic E-state index is -0.222. The summed E-state index contributed by atoms with van der Waals surface area (Å²) in [5.74, 6) is 1.05. The summed E-state index contributed by atoms with van der Waals surface area (Å²) in [6, 6.07) is 0. The number of rotatable bonds is 2. The summed E-state index contributed by atoms with van der Waals surface area (Å²) >= 11 is 0. The molecule has 4 aliphatic rings. The Balaban J connectivity index is 1.76. The van der Waals surface area contributed by atoms with E-state index in [1.54, 1.807) is 0 Å². The lowest BCUT2D eigenvalue weighted by molar-refractivity contribution is -0.197. The van der Waals surface area contributed by atoms with Crippen molar-refractivity contribution in [1.29, 1.82) is 0 Å². The maximum Gasteiger partial charge on any atom is 0.302 e. The van der Waals surface area contributed by atoms with Crippen molar-refractivity contribution in [1.82, 2.24) is 0 Å². The van der Waals surface area contributed by atoms with Crippen LogP contribution < -0.4 is 0 Å². The van der Waals surface area contributed by atoms with Crippen LogP contribution in [0, 0.1) is 34.0 Å². The third kappa shape index (κ3) is 2.97. The van der Waals surface area contributed by atoms with Crippen molar-refractivity contribution >= 4 is 11.8 Å². The molecule has 0 saturated heterocycles. The van der Waals surface area contributed by atoms with Gasteiger partial charge in [-0.3, -0.25) is 9.59 Å². The van der Waals surface area contributed by atoms with Gasteiger partial charge in [0.05, 0.1) is 13.2 Å². The molecule has 0 aromatic rings. The molecule has 1 heterocycles. The molecule has 3 aliphatic carbocycles. The molecule has 3 unspecified atom stereocenters. The number of carbonyl (C=O) groups is 2. The van der Waals surface area contributed by atoms with Gasteiger partial charge in [-0.2, -0.15) is 0 Å². The quantitative estimate of drug-likeness (QED) is 0.490. The van der Waals surface area contributed by atoms with E-state index in [1.807, 2.05) is 13.8 Å². The van der Waals surface area contributed by atoms with Crippen molar-refractivity contribution in [2.24, 2.45) is 34.0 Å². The van der Waals surface area contributed by atoms with Crippen molar-refractivity contribution in [3.05, 3.63) is 23.8 Å². The minimum absolute atomic E-state index is 0.0153. The minimum Gasteiger partial charge on any atom is -0.462 e. The second-order valence-corrected chi connectivity index (χ2v) is 10.6. The summed E-state index contributed by atoms with van der Waals surface area (Å²) in [4.78, 5) is 24.8. The average Bonchev–Trinajstić information content (AvgIpc) is 2.89. The van der Waals surface area contributed by atoms with Gasteiger partial charge in [0.1, 0.15) is 6.10 Å². The first-order valence-electron chi connectivity index (χ1n) is 11.3. The fraction of sp³-hybridized carbons (Fsp3) is 0.760. The van der Waals surface area contributed by atoms with Crippen molar-refractivity contribution < 1.29 is 19.1 Å². The molecule has 0 N–H and O–H groups in total. The number of ether oxygens (including phenoxy) is 2. The predicted molar refractivity (Wildman–Crippen MR) is 112 cm³/mol. The molecule has 4 rings (SSSR count). The van der Waals surface area contributed by atoms with Crippen LogP contribution in [0.25, 0.3) is 0 Å². The molecule has 7 atom stereocenters. The van der Waals surface area contributed by atoms with Gasteiger partial charge in [-0.15, -0.1) is 0 Å². The zero-order valence-electron chi connectivity index (χ0n) is 18.6. The highest BCUT2D eigenvalue weighted by atomic mass is 16.5. The summed E-state index contributed by atoms with van der Waals surface area (Å²) in [5, 5.41) is 0. The van der Waals surface area contributed by atoms with Gasteiger partial charge in [0.25, 0.3) is 0 Å². The normalized spacial score (nSPS) is 45.2. The Morgan fingerprint density at radius 3 is 2.72 bits per heavy atom. The fourth-order valence-corrected chi connectivity index (χ4v) is 7.70. The Kier molecular flexibility index (Phi) is 5.08. The summed E-state index contributed by atoms with van der Waals surface area (Å²) in [7, 11) is 0. The van der Waals surface area contributed by atoms with Crippen LogP contribution in [0.5, 0.6) is 0 Å². The smallest absolute Gasteiger partial charge is 0.302 e. The first-order chi connectivity index (χ1) is 13.6. The van der Waals surface area contributed by atoms with Gasteiger partial charge in [0, 0.05) is 18.3 Å². The van der Waals surface area contributed by atoms with Crippen LogP contribution in [0.2, 0.25) is 0 Å². The van der Waals surface area contributed by atoms with E-state index in [0.29, 0.717) is 24.9 Å². The zero-order chi connectivity index (χ0) is 21.0. The molecule has 2 fully saturated rings. The number of Topliss-reactive ketones (excluding diaryl/α,β-unsaturated/α-hetero) is 1. The first-order valence-corrected chi connectivity index (χ1v) is 11.3. The standard InChI is InChI=1S/C25H36O4/c1-16-8-11-23(4)19(22(16)27)9-12-24(5)20(23)10-13-25(17(2)29-18(3)26)15-28-14-6-7-21(24)25/h6-8,17,19-21H,9-15H2,1-5H3/t17-,19?,20?,21+,23+,24-,25?/m1/s1. The molecule has 1 aliphatic heterocycles. The van der Waals surface area contributed by atoms with Crippen molar-refractivity contribution in [2.45, 2.75) is 72.8 Å². The molecule has 160 valence electrons. The largest absolute Gasteiger partial charge is 0.462 e. The van der Waals surface area contributed by atoms with E-state index in [-0.39, 0.29) is 40.2 Å². The zero-order valence-corrected chi connectivity index (χ0v) is 18.6. The van der Waals surface area contributed by atoms with Gasteiger partial charge in [0.15, 0.2) is 5.78 Å². The summed E-state index contributed by atoms with van der Waals surface area (Å²) < 4.78 is 11.8. The Labute approximate surface area is 175 Å². The van der Waals surface area contributed by atoms with E-state index < -0.39 is 0 Å². The second kappa shape index (κ2) is 7.08. The Hall–Kier alpha value is -1.42. The van der Waals surface area contributed by atoms with Crippen LogP contribution in [0.1, 0.15) is 66.7 Å². The highest BCUT2D eigenvalue weighted by Crippen LogP contribution is 2.68. The third-order valence-electron chi connectivity index (χ3n) is 9.21. The average molecular weight is 401 g/mol. The van der Waals surface area contributed by atoms with Gasteiger partial charge < -0.3 is 9.47 Å². The molecule has 0 aromatic carbocycles. The Bertz CT molecular complexity index is 767. The summed E-state index contributed by atoms with van der Waals surface area (Å²) in [6.45, 7) is 11.6.